The molecule has 10 heteroatoms. The first kappa shape index (κ1) is 23.8. The van der Waals surface area contributed by atoms with Gasteiger partial charge in [0.15, 0.2) is 0 Å². The van der Waals surface area contributed by atoms with Crippen LogP contribution in [0.3, 0.4) is 0 Å². The number of phenolic OH excluding ortho intramolecular Hbond substituents is 1. The van der Waals surface area contributed by atoms with Gasteiger partial charge in [-0.05, 0) is 77.9 Å². The third kappa shape index (κ3) is 5.61. The molecule has 0 saturated carbocycles. The van der Waals surface area contributed by atoms with Crippen molar-refractivity contribution in [1.82, 2.24) is 0 Å². The molecular formula is C25H17F3N2O4S. The Morgan fingerprint density at radius 3 is 1.97 bits per heavy atom. The molecule has 3 N–H and O–H groups in total. The maximum atomic E-state index is 13.5. The van der Waals surface area contributed by atoms with Crippen LogP contribution in [-0.4, -0.2) is 19.4 Å². The van der Waals surface area contributed by atoms with Crippen molar-refractivity contribution in [2.45, 2.75) is 4.90 Å². The summed E-state index contributed by atoms with van der Waals surface area (Å²) in [6, 6.07) is 17.0. The second-order valence-corrected chi connectivity index (χ2v) is 9.16. The molecule has 0 radical (unpaired) electrons. The highest BCUT2D eigenvalue weighted by Gasteiger charge is 2.17. The zero-order chi connectivity index (χ0) is 25.2. The highest BCUT2D eigenvalue weighted by atomic mass is 32.2. The van der Waals surface area contributed by atoms with E-state index < -0.39 is 33.4 Å². The molecule has 0 aromatic heterocycles. The molecular weight excluding hydrogens is 481 g/mol. The summed E-state index contributed by atoms with van der Waals surface area (Å²) in [6.45, 7) is 0. The summed E-state index contributed by atoms with van der Waals surface area (Å²) in [7, 11) is -4.13. The van der Waals surface area contributed by atoms with Gasteiger partial charge in [-0.15, -0.1) is 0 Å². The summed E-state index contributed by atoms with van der Waals surface area (Å²) < 4.78 is 67.3. The van der Waals surface area contributed by atoms with Crippen molar-refractivity contribution >= 4 is 27.3 Å². The average molecular weight is 498 g/mol. The predicted molar refractivity (Wildman–Crippen MR) is 125 cm³/mol. The number of hydrogen-bond acceptors (Lipinski definition) is 4. The van der Waals surface area contributed by atoms with E-state index in [0.717, 1.165) is 30.3 Å². The number of anilines is 2. The van der Waals surface area contributed by atoms with E-state index in [1.807, 2.05) is 0 Å². The Labute approximate surface area is 198 Å². The Bertz CT molecular complexity index is 1490. The first-order valence-corrected chi connectivity index (χ1v) is 11.6. The lowest BCUT2D eigenvalue weighted by molar-refractivity contribution is 0.102. The summed E-state index contributed by atoms with van der Waals surface area (Å²) in [5, 5.41) is 12.6. The van der Waals surface area contributed by atoms with Crippen LogP contribution in [0, 0.1) is 17.5 Å². The minimum atomic E-state index is -4.13. The number of benzene rings is 4. The molecule has 0 saturated heterocycles. The van der Waals surface area contributed by atoms with Gasteiger partial charge in [0, 0.05) is 17.3 Å². The molecule has 1 amide bonds. The van der Waals surface area contributed by atoms with E-state index in [1.165, 1.54) is 54.6 Å². The van der Waals surface area contributed by atoms with Gasteiger partial charge in [-0.1, -0.05) is 12.1 Å². The van der Waals surface area contributed by atoms with Crippen LogP contribution in [0.25, 0.3) is 11.1 Å². The number of phenols is 1. The minimum absolute atomic E-state index is 0.181. The van der Waals surface area contributed by atoms with E-state index in [4.69, 9.17) is 0 Å². The molecule has 0 heterocycles. The summed E-state index contributed by atoms with van der Waals surface area (Å²) in [5.41, 5.74) is 1.02. The highest BCUT2D eigenvalue weighted by Crippen LogP contribution is 2.29. The number of nitrogens with one attached hydrogen (secondary N) is 2. The molecule has 0 unspecified atom stereocenters. The Hall–Kier alpha value is -4.31. The molecule has 4 rings (SSSR count). The topological polar surface area (TPSA) is 95.5 Å². The van der Waals surface area contributed by atoms with Crippen molar-refractivity contribution in [2.75, 3.05) is 10.0 Å². The van der Waals surface area contributed by atoms with Crippen molar-refractivity contribution in [3.63, 3.8) is 0 Å². The number of halogens is 3. The van der Waals surface area contributed by atoms with E-state index in [2.05, 4.69) is 10.0 Å². The first-order valence-electron chi connectivity index (χ1n) is 10.1. The monoisotopic (exact) mass is 498 g/mol. The van der Waals surface area contributed by atoms with Crippen LogP contribution < -0.4 is 10.0 Å². The Morgan fingerprint density at radius 2 is 1.34 bits per heavy atom. The van der Waals surface area contributed by atoms with Crippen LogP contribution in [-0.2, 0) is 10.0 Å². The fraction of sp³-hybridized carbons (Fsp3) is 0. The Kier molecular flexibility index (Phi) is 6.48. The number of sulfonamides is 1. The Morgan fingerprint density at radius 1 is 0.714 bits per heavy atom. The fourth-order valence-corrected chi connectivity index (χ4v) is 4.32. The summed E-state index contributed by atoms with van der Waals surface area (Å²) in [6.07, 6.45) is 0. The maximum absolute atomic E-state index is 13.5. The third-order valence-corrected chi connectivity index (χ3v) is 6.35. The molecule has 0 aliphatic rings. The first-order chi connectivity index (χ1) is 16.6. The molecule has 4 aromatic rings. The smallest absolute Gasteiger partial charge is 0.262 e. The van der Waals surface area contributed by atoms with Crippen LogP contribution in [0.1, 0.15) is 10.4 Å². The number of rotatable bonds is 6. The van der Waals surface area contributed by atoms with Gasteiger partial charge in [-0.3, -0.25) is 9.52 Å². The van der Waals surface area contributed by atoms with Gasteiger partial charge in [0.1, 0.15) is 23.2 Å². The minimum Gasteiger partial charge on any atom is -0.506 e. The lowest BCUT2D eigenvalue weighted by Gasteiger charge is -2.12. The molecule has 0 atom stereocenters. The van der Waals surface area contributed by atoms with Crippen molar-refractivity contribution in [1.29, 1.82) is 0 Å². The van der Waals surface area contributed by atoms with Gasteiger partial charge < -0.3 is 10.4 Å². The van der Waals surface area contributed by atoms with Crippen LogP contribution in [0.15, 0.2) is 89.8 Å². The third-order valence-electron chi connectivity index (χ3n) is 4.97. The van der Waals surface area contributed by atoms with Crippen molar-refractivity contribution in [3.05, 3.63) is 108 Å². The zero-order valence-corrected chi connectivity index (χ0v) is 18.6. The molecule has 6 nitrogen and oxygen atoms in total. The van der Waals surface area contributed by atoms with E-state index in [0.29, 0.717) is 11.1 Å². The summed E-state index contributed by atoms with van der Waals surface area (Å²) in [4.78, 5) is 12.4. The molecule has 0 spiro atoms. The Balaban J connectivity index is 1.51. The SMILES string of the molecule is O=C(Nc1ccc(O)c(NS(=O)(=O)c2ccc(F)cc2)c1)c1ccc(-c2cc(F)cc(F)c2)cc1. The molecule has 0 aliphatic heterocycles. The fourth-order valence-electron chi connectivity index (χ4n) is 3.25. The molecule has 0 fully saturated rings. The zero-order valence-electron chi connectivity index (χ0n) is 17.8. The summed E-state index contributed by atoms with van der Waals surface area (Å²) in [5.74, 6) is -2.98. The molecule has 35 heavy (non-hydrogen) atoms. The van der Waals surface area contributed by atoms with Gasteiger partial charge in [0.05, 0.1) is 10.6 Å². The van der Waals surface area contributed by atoms with Gasteiger partial charge in [-0.2, -0.15) is 0 Å². The van der Waals surface area contributed by atoms with Crippen molar-refractivity contribution in [3.8, 4) is 16.9 Å². The summed E-state index contributed by atoms with van der Waals surface area (Å²) >= 11 is 0. The predicted octanol–water partition coefficient (Wildman–Crippen LogP) is 5.53. The largest absolute Gasteiger partial charge is 0.506 e. The van der Waals surface area contributed by atoms with E-state index in [9.17, 15) is 31.5 Å². The van der Waals surface area contributed by atoms with Crippen LogP contribution in [0.4, 0.5) is 24.5 Å². The standard InChI is InChI=1S/C25H17F3N2O4S/c26-18-5-8-22(9-6-18)35(33,34)30-23-14-21(7-10-24(23)31)29-25(32)16-3-1-15(2-4-16)17-11-19(27)13-20(28)12-17/h1-14,30-31H,(H,29,32). The quantitative estimate of drug-likeness (QED) is 0.241. The maximum Gasteiger partial charge on any atom is 0.262 e. The van der Waals surface area contributed by atoms with E-state index >= 15 is 0 Å². The van der Waals surface area contributed by atoms with Crippen LogP contribution >= 0.6 is 0 Å². The lowest BCUT2D eigenvalue weighted by Crippen LogP contribution is -2.14. The number of carbonyl (C=O) groups excluding carboxylic acids is 1. The normalized spacial score (nSPS) is 11.2. The van der Waals surface area contributed by atoms with Gasteiger partial charge in [-0.25, -0.2) is 21.6 Å². The number of amides is 1. The lowest BCUT2D eigenvalue weighted by atomic mass is 10.0. The van der Waals surface area contributed by atoms with Gasteiger partial charge in [0.25, 0.3) is 15.9 Å². The van der Waals surface area contributed by atoms with Crippen molar-refractivity contribution in [2.24, 2.45) is 0 Å². The van der Waals surface area contributed by atoms with Crippen LogP contribution in [0.5, 0.6) is 5.75 Å². The molecule has 4 aromatic carbocycles. The average Bonchev–Trinajstić information content (AvgIpc) is 2.81. The second kappa shape index (κ2) is 9.51. The highest BCUT2D eigenvalue weighted by molar-refractivity contribution is 7.92. The molecule has 178 valence electrons. The van der Waals surface area contributed by atoms with Gasteiger partial charge >= 0.3 is 0 Å². The molecule has 0 bridgehead atoms. The second-order valence-electron chi connectivity index (χ2n) is 7.48. The van der Waals surface area contributed by atoms with Crippen molar-refractivity contribution < 1.29 is 31.5 Å². The number of aromatic hydroxyl groups is 1. The van der Waals surface area contributed by atoms with E-state index in [-0.39, 0.29) is 27.6 Å². The molecule has 0 aliphatic carbocycles. The van der Waals surface area contributed by atoms with E-state index in [1.54, 1.807) is 0 Å². The van der Waals surface area contributed by atoms with Gasteiger partial charge in [0.2, 0.25) is 0 Å². The number of hydrogen-bond donors (Lipinski definition) is 3. The van der Waals surface area contributed by atoms with Crippen LogP contribution in [0.2, 0.25) is 0 Å². The number of carbonyl (C=O) groups is 1.